The fraction of sp³-hybridized carbons (Fsp3) is 0.733. The molecule has 0 unspecified atom stereocenters. The first kappa shape index (κ1) is 15.2. The maximum atomic E-state index is 6.01. The number of anilines is 1. The van der Waals surface area contributed by atoms with Crippen molar-refractivity contribution in [3.63, 3.8) is 0 Å². The molecule has 1 aliphatic heterocycles. The van der Waals surface area contributed by atoms with Crippen LogP contribution < -0.4 is 10.6 Å². The molecule has 1 fully saturated rings. The third kappa shape index (κ3) is 2.94. The summed E-state index contributed by atoms with van der Waals surface area (Å²) in [6.45, 7) is 12.4. The number of piperazine rings is 1. The summed E-state index contributed by atoms with van der Waals surface area (Å²) < 4.78 is 0. The molecule has 2 N–H and O–H groups in total. The second kappa shape index (κ2) is 6.99. The van der Waals surface area contributed by atoms with Crippen molar-refractivity contribution >= 4 is 5.82 Å². The first-order valence-electron chi connectivity index (χ1n) is 7.79. The standard InChI is InChI=1S/C15H27N5/c1-4-12-13(11-16)15(18-17-14(12)5-2)20-9-7-19(6-3)8-10-20/h4-11,16H2,1-3H3. The first-order chi connectivity index (χ1) is 9.74. The smallest absolute Gasteiger partial charge is 0.156 e. The van der Waals surface area contributed by atoms with Crippen molar-refractivity contribution in [2.24, 2.45) is 5.73 Å². The van der Waals surface area contributed by atoms with E-state index in [0.29, 0.717) is 6.54 Å². The van der Waals surface area contributed by atoms with Crippen molar-refractivity contribution in [3.8, 4) is 0 Å². The lowest BCUT2D eigenvalue weighted by atomic mass is 10.0. The zero-order valence-corrected chi connectivity index (χ0v) is 13.0. The van der Waals surface area contributed by atoms with Crippen LogP contribution in [0.1, 0.15) is 37.6 Å². The Morgan fingerprint density at radius 3 is 2.15 bits per heavy atom. The SMILES string of the molecule is CCc1nnc(N2CCN(CC)CC2)c(CN)c1CC. The highest BCUT2D eigenvalue weighted by Crippen LogP contribution is 2.24. The van der Waals surface area contributed by atoms with Crippen LogP contribution in [0.15, 0.2) is 0 Å². The molecule has 20 heavy (non-hydrogen) atoms. The van der Waals surface area contributed by atoms with E-state index in [9.17, 15) is 0 Å². The Kier molecular flexibility index (Phi) is 5.31. The fourth-order valence-corrected chi connectivity index (χ4v) is 2.98. The summed E-state index contributed by atoms with van der Waals surface area (Å²) >= 11 is 0. The molecule has 2 heterocycles. The van der Waals surface area contributed by atoms with E-state index in [1.807, 2.05) is 0 Å². The summed E-state index contributed by atoms with van der Waals surface area (Å²) in [6, 6.07) is 0. The first-order valence-corrected chi connectivity index (χ1v) is 7.79. The molecule has 0 saturated carbocycles. The lowest BCUT2D eigenvalue weighted by Crippen LogP contribution is -2.47. The van der Waals surface area contributed by atoms with Gasteiger partial charge < -0.3 is 15.5 Å². The van der Waals surface area contributed by atoms with E-state index in [-0.39, 0.29) is 0 Å². The van der Waals surface area contributed by atoms with E-state index in [0.717, 1.165) is 57.1 Å². The Balaban J connectivity index is 2.28. The minimum atomic E-state index is 0.551. The van der Waals surface area contributed by atoms with E-state index in [1.54, 1.807) is 0 Å². The van der Waals surface area contributed by atoms with Crippen molar-refractivity contribution in [2.75, 3.05) is 37.6 Å². The normalized spacial score (nSPS) is 16.7. The van der Waals surface area contributed by atoms with Crippen molar-refractivity contribution < 1.29 is 0 Å². The molecule has 2 rings (SSSR count). The van der Waals surface area contributed by atoms with Gasteiger partial charge in [0, 0.05) is 38.3 Å². The van der Waals surface area contributed by atoms with Gasteiger partial charge in [-0.25, -0.2) is 0 Å². The molecule has 5 nitrogen and oxygen atoms in total. The number of likely N-dealkylation sites (N-methyl/N-ethyl adjacent to an activating group) is 1. The molecule has 0 atom stereocenters. The maximum Gasteiger partial charge on any atom is 0.156 e. The highest BCUT2D eigenvalue weighted by molar-refractivity contribution is 5.51. The summed E-state index contributed by atoms with van der Waals surface area (Å²) in [5.74, 6) is 1.01. The highest BCUT2D eigenvalue weighted by atomic mass is 15.3. The zero-order valence-electron chi connectivity index (χ0n) is 13.0. The van der Waals surface area contributed by atoms with Gasteiger partial charge in [-0.05, 0) is 24.9 Å². The van der Waals surface area contributed by atoms with Gasteiger partial charge in [-0.3, -0.25) is 0 Å². The van der Waals surface area contributed by atoms with Crippen LogP contribution >= 0.6 is 0 Å². The van der Waals surface area contributed by atoms with Crippen molar-refractivity contribution in [1.82, 2.24) is 15.1 Å². The average molecular weight is 277 g/mol. The van der Waals surface area contributed by atoms with Gasteiger partial charge >= 0.3 is 0 Å². The van der Waals surface area contributed by atoms with Gasteiger partial charge in [0.05, 0.1) is 5.69 Å². The van der Waals surface area contributed by atoms with Gasteiger partial charge in [0.1, 0.15) is 0 Å². The Labute approximate surface area is 122 Å². The molecule has 112 valence electrons. The molecule has 0 bridgehead atoms. The van der Waals surface area contributed by atoms with E-state index < -0.39 is 0 Å². The molecule has 1 aliphatic rings. The van der Waals surface area contributed by atoms with Crippen LogP contribution in [0.5, 0.6) is 0 Å². The Morgan fingerprint density at radius 1 is 0.950 bits per heavy atom. The predicted molar refractivity (Wildman–Crippen MR) is 83.0 cm³/mol. The molecule has 0 spiro atoms. The van der Waals surface area contributed by atoms with Gasteiger partial charge in [0.15, 0.2) is 5.82 Å². The van der Waals surface area contributed by atoms with E-state index in [2.05, 4.69) is 40.8 Å². The fourth-order valence-electron chi connectivity index (χ4n) is 2.98. The second-order valence-electron chi connectivity index (χ2n) is 5.26. The maximum absolute atomic E-state index is 6.01. The number of aromatic nitrogens is 2. The molecule has 0 radical (unpaired) electrons. The molecule has 1 aromatic heterocycles. The Hall–Kier alpha value is -1.20. The molecule has 1 aromatic rings. The number of aryl methyl sites for hydroxylation is 1. The minimum Gasteiger partial charge on any atom is -0.352 e. The lowest BCUT2D eigenvalue weighted by molar-refractivity contribution is 0.270. The van der Waals surface area contributed by atoms with Crippen molar-refractivity contribution in [3.05, 3.63) is 16.8 Å². The quantitative estimate of drug-likeness (QED) is 0.876. The molecule has 0 aliphatic carbocycles. The molecular formula is C15H27N5. The van der Waals surface area contributed by atoms with Crippen molar-refractivity contribution in [1.29, 1.82) is 0 Å². The van der Waals surface area contributed by atoms with Crippen LogP contribution in [-0.2, 0) is 19.4 Å². The zero-order chi connectivity index (χ0) is 14.5. The number of nitrogens with two attached hydrogens (primary N) is 1. The third-order valence-electron chi connectivity index (χ3n) is 4.26. The average Bonchev–Trinajstić information content (AvgIpc) is 2.53. The van der Waals surface area contributed by atoms with Gasteiger partial charge in [0.2, 0.25) is 0 Å². The lowest BCUT2D eigenvalue weighted by Gasteiger charge is -2.35. The van der Waals surface area contributed by atoms with Gasteiger partial charge in [-0.15, -0.1) is 5.10 Å². The molecule has 0 aromatic carbocycles. The second-order valence-corrected chi connectivity index (χ2v) is 5.26. The van der Waals surface area contributed by atoms with Crippen LogP contribution in [0.25, 0.3) is 0 Å². The third-order valence-corrected chi connectivity index (χ3v) is 4.26. The highest BCUT2D eigenvalue weighted by Gasteiger charge is 2.22. The Bertz CT molecular complexity index is 438. The van der Waals surface area contributed by atoms with Crippen LogP contribution in [0.3, 0.4) is 0 Å². The molecule has 1 saturated heterocycles. The van der Waals surface area contributed by atoms with Gasteiger partial charge in [-0.1, -0.05) is 20.8 Å². The Morgan fingerprint density at radius 2 is 1.65 bits per heavy atom. The van der Waals surface area contributed by atoms with Gasteiger partial charge in [0.25, 0.3) is 0 Å². The number of rotatable bonds is 5. The topological polar surface area (TPSA) is 58.3 Å². The van der Waals surface area contributed by atoms with Crippen LogP contribution in [-0.4, -0.2) is 47.8 Å². The van der Waals surface area contributed by atoms with E-state index in [4.69, 9.17) is 5.73 Å². The summed E-state index contributed by atoms with van der Waals surface area (Å²) in [5.41, 5.74) is 9.61. The van der Waals surface area contributed by atoms with Crippen LogP contribution in [0.4, 0.5) is 5.82 Å². The summed E-state index contributed by atoms with van der Waals surface area (Å²) in [6.07, 6.45) is 1.90. The van der Waals surface area contributed by atoms with Crippen LogP contribution in [0.2, 0.25) is 0 Å². The monoisotopic (exact) mass is 277 g/mol. The van der Waals surface area contributed by atoms with E-state index >= 15 is 0 Å². The van der Waals surface area contributed by atoms with Crippen LogP contribution in [0, 0.1) is 0 Å². The molecule has 5 heteroatoms. The van der Waals surface area contributed by atoms with E-state index in [1.165, 1.54) is 11.1 Å². The number of nitrogens with zero attached hydrogens (tertiary/aromatic N) is 4. The molecular weight excluding hydrogens is 250 g/mol. The van der Waals surface area contributed by atoms with Gasteiger partial charge in [-0.2, -0.15) is 5.10 Å². The minimum absolute atomic E-state index is 0.551. The number of hydrogen-bond acceptors (Lipinski definition) is 5. The summed E-state index contributed by atoms with van der Waals surface area (Å²) in [5, 5.41) is 8.91. The number of hydrogen-bond donors (Lipinski definition) is 1. The largest absolute Gasteiger partial charge is 0.352 e. The van der Waals surface area contributed by atoms with Crippen molar-refractivity contribution in [2.45, 2.75) is 40.2 Å². The summed E-state index contributed by atoms with van der Waals surface area (Å²) in [7, 11) is 0. The molecule has 0 amide bonds. The predicted octanol–water partition coefficient (Wildman–Crippen LogP) is 1.20. The summed E-state index contributed by atoms with van der Waals surface area (Å²) in [4.78, 5) is 4.81.